The van der Waals surface area contributed by atoms with Gasteiger partial charge >= 0.3 is 0 Å². The van der Waals surface area contributed by atoms with Crippen molar-refractivity contribution in [3.05, 3.63) is 46.7 Å². The highest BCUT2D eigenvalue weighted by atomic mass is 35.5. The largest absolute Gasteiger partial charge is 0.495 e. The maximum Gasteiger partial charge on any atom is 0.206 e. The van der Waals surface area contributed by atoms with Gasteiger partial charge in [0.25, 0.3) is 0 Å². The van der Waals surface area contributed by atoms with E-state index in [2.05, 4.69) is 4.98 Å². The van der Waals surface area contributed by atoms with Crippen LogP contribution in [0, 0.1) is 12.7 Å². The van der Waals surface area contributed by atoms with Crippen molar-refractivity contribution in [2.75, 3.05) is 12.8 Å². The fourth-order valence-electron chi connectivity index (χ4n) is 2.32. The van der Waals surface area contributed by atoms with Crippen molar-refractivity contribution in [1.82, 2.24) is 9.55 Å². The predicted molar refractivity (Wildman–Crippen MR) is 81.7 cm³/mol. The van der Waals surface area contributed by atoms with E-state index in [9.17, 15) is 4.39 Å². The Morgan fingerprint density at radius 2 is 2.10 bits per heavy atom. The van der Waals surface area contributed by atoms with E-state index in [1.54, 1.807) is 29.9 Å². The fourth-order valence-corrected chi connectivity index (χ4v) is 2.48. The first-order valence-electron chi connectivity index (χ1n) is 6.30. The summed E-state index contributed by atoms with van der Waals surface area (Å²) in [5, 5.41) is 0.588. The molecule has 0 aliphatic heterocycles. The Kier molecular flexibility index (Phi) is 3.22. The number of methoxy groups -OCH3 is 1. The third-order valence-corrected chi connectivity index (χ3v) is 3.77. The van der Waals surface area contributed by atoms with Crippen molar-refractivity contribution < 1.29 is 9.13 Å². The van der Waals surface area contributed by atoms with E-state index in [1.165, 1.54) is 6.07 Å². The smallest absolute Gasteiger partial charge is 0.206 e. The molecule has 0 spiro atoms. The molecule has 0 aliphatic rings. The number of aromatic nitrogens is 2. The summed E-state index contributed by atoms with van der Waals surface area (Å²) in [4.78, 5) is 4.09. The van der Waals surface area contributed by atoms with Crippen molar-refractivity contribution in [2.45, 2.75) is 6.92 Å². The maximum atomic E-state index is 13.8. The number of aryl methyl sites for hydroxylation is 1. The third kappa shape index (κ3) is 2.10. The minimum Gasteiger partial charge on any atom is -0.495 e. The van der Waals surface area contributed by atoms with E-state index in [0.29, 0.717) is 22.0 Å². The Bertz CT molecular complexity index is 845. The van der Waals surface area contributed by atoms with Crippen LogP contribution in [0.3, 0.4) is 0 Å². The van der Waals surface area contributed by atoms with Crippen molar-refractivity contribution in [2.24, 2.45) is 0 Å². The number of benzene rings is 2. The molecule has 0 saturated carbocycles. The SMILES string of the molecule is COc1cc(Cl)c(C)cc1-n1c(N)nc2c(F)cccc21. The van der Waals surface area contributed by atoms with Gasteiger partial charge in [-0.3, -0.25) is 4.57 Å². The van der Waals surface area contributed by atoms with Crippen LogP contribution in [0.5, 0.6) is 5.75 Å². The van der Waals surface area contributed by atoms with E-state index in [-0.39, 0.29) is 11.5 Å². The zero-order chi connectivity index (χ0) is 15.1. The summed E-state index contributed by atoms with van der Waals surface area (Å²) in [5.74, 6) is 0.318. The number of ether oxygens (including phenoxy) is 1. The van der Waals surface area contributed by atoms with Crippen LogP contribution in [-0.4, -0.2) is 16.7 Å². The summed E-state index contributed by atoms with van der Waals surface area (Å²) in [5.41, 5.74) is 8.30. The molecule has 1 aromatic heterocycles. The lowest BCUT2D eigenvalue weighted by Crippen LogP contribution is -2.03. The van der Waals surface area contributed by atoms with Gasteiger partial charge in [0.2, 0.25) is 5.95 Å². The van der Waals surface area contributed by atoms with Crippen LogP contribution >= 0.6 is 11.6 Å². The third-order valence-electron chi connectivity index (χ3n) is 3.36. The Hall–Kier alpha value is -2.27. The highest BCUT2D eigenvalue weighted by Gasteiger charge is 2.17. The summed E-state index contributed by atoms with van der Waals surface area (Å²) in [6.07, 6.45) is 0. The monoisotopic (exact) mass is 305 g/mol. The first-order chi connectivity index (χ1) is 10.0. The number of nitrogen functional groups attached to an aromatic ring is 1. The zero-order valence-electron chi connectivity index (χ0n) is 11.5. The van der Waals surface area contributed by atoms with Gasteiger partial charge in [-0.2, -0.15) is 0 Å². The Morgan fingerprint density at radius 1 is 1.33 bits per heavy atom. The lowest BCUT2D eigenvalue weighted by Gasteiger charge is -2.13. The predicted octanol–water partition coefficient (Wildman–Crippen LogP) is 3.72. The number of fused-ring (bicyclic) bond motifs is 1. The maximum absolute atomic E-state index is 13.8. The quantitative estimate of drug-likeness (QED) is 0.785. The number of halogens is 2. The normalized spacial score (nSPS) is 11.0. The highest BCUT2D eigenvalue weighted by molar-refractivity contribution is 6.31. The number of anilines is 1. The molecule has 0 radical (unpaired) electrons. The summed E-state index contributed by atoms with van der Waals surface area (Å²) < 4.78 is 20.8. The number of nitrogens with zero attached hydrogens (tertiary/aromatic N) is 2. The van der Waals surface area contributed by atoms with Crippen molar-refractivity contribution in [3.63, 3.8) is 0 Å². The van der Waals surface area contributed by atoms with E-state index < -0.39 is 5.82 Å². The Morgan fingerprint density at radius 3 is 2.81 bits per heavy atom. The minimum atomic E-state index is -0.414. The number of nitrogens with two attached hydrogens (primary N) is 1. The van der Waals surface area contributed by atoms with E-state index in [0.717, 1.165) is 5.56 Å². The molecule has 0 aliphatic carbocycles. The highest BCUT2D eigenvalue weighted by Crippen LogP contribution is 2.34. The van der Waals surface area contributed by atoms with Gasteiger partial charge in [0.1, 0.15) is 11.3 Å². The molecule has 0 unspecified atom stereocenters. The van der Waals surface area contributed by atoms with Gasteiger partial charge in [-0.25, -0.2) is 9.37 Å². The van der Waals surface area contributed by atoms with Crippen molar-refractivity contribution in [1.29, 1.82) is 0 Å². The summed E-state index contributed by atoms with van der Waals surface area (Å²) >= 11 is 6.11. The fraction of sp³-hybridized carbons (Fsp3) is 0.133. The molecule has 0 atom stereocenters. The van der Waals surface area contributed by atoms with Crippen LogP contribution in [0.2, 0.25) is 5.02 Å². The molecular formula is C15H13ClFN3O. The standard InChI is InChI=1S/C15H13ClFN3O/c1-8-6-12(13(21-2)7-9(8)16)20-11-5-3-4-10(17)14(11)19-15(20)18/h3-7H,1-2H3,(H2,18,19). The van der Waals surface area contributed by atoms with Gasteiger partial charge in [-0.05, 0) is 30.7 Å². The van der Waals surface area contributed by atoms with Gasteiger partial charge < -0.3 is 10.5 Å². The van der Waals surface area contributed by atoms with Crippen LogP contribution in [0.1, 0.15) is 5.56 Å². The van der Waals surface area contributed by atoms with Crippen LogP contribution in [0.15, 0.2) is 30.3 Å². The van der Waals surface area contributed by atoms with E-state index in [4.69, 9.17) is 22.1 Å². The molecule has 6 heteroatoms. The van der Waals surface area contributed by atoms with Crippen LogP contribution in [0.25, 0.3) is 16.7 Å². The molecule has 108 valence electrons. The van der Waals surface area contributed by atoms with Crippen molar-refractivity contribution in [3.8, 4) is 11.4 Å². The number of hydrogen-bond donors (Lipinski definition) is 1. The molecule has 0 amide bonds. The summed E-state index contributed by atoms with van der Waals surface area (Å²) in [7, 11) is 1.54. The molecule has 3 aromatic rings. The van der Waals surface area contributed by atoms with Crippen molar-refractivity contribution >= 4 is 28.6 Å². The van der Waals surface area contributed by atoms with Gasteiger partial charge in [-0.1, -0.05) is 17.7 Å². The van der Waals surface area contributed by atoms with Crippen LogP contribution in [0.4, 0.5) is 10.3 Å². The molecule has 2 aromatic carbocycles. The molecule has 2 N–H and O–H groups in total. The van der Waals surface area contributed by atoms with Crippen LogP contribution < -0.4 is 10.5 Å². The molecular weight excluding hydrogens is 293 g/mol. The molecule has 0 saturated heterocycles. The minimum absolute atomic E-state index is 0.190. The van der Waals surface area contributed by atoms with Gasteiger partial charge in [-0.15, -0.1) is 0 Å². The number of hydrogen-bond acceptors (Lipinski definition) is 3. The Labute approximate surface area is 125 Å². The molecule has 4 nitrogen and oxygen atoms in total. The number of imidazole rings is 1. The number of rotatable bonds is 2. The first kappa shape index (κ1) is 13.7. The second-order valence-corrected chi connectivity index (χ2v) is 5.09. The van der Waals surface area contributed by atoms with E-state index in [1.807, 2.05) is 13.0 Å². The van der Waals surface area contributed by atoms with E-state index >= 15 is 0 Å². The number of para-hydroxylation sites is 1. The lowest BCUT2D eigenvalue weighted by atomic mass is 10.2. The van der Waals surface area contributed by atoms with Crippen LogP contribution in [-0.2, 0) is 0 Å². The van der Waals surface area contributed by atoms with Gasteiger partial charge in [0.15, 0.2) is 5.82 Å². The lowest BCUT2D eigenvalue weighted by molar-refractivity contribution is 0.413. The molecule has 1 heterocycles. The molecule has 21 heavy (non-hydrogen) atoms. The zero-order valence-corrected chi connectivity index (χ0v) is 12.3. The Balaban J connectivity index is 2.38. The second-order valence-electron chi connectivity index (χ2n) is 4.69. The molecule has 0 bridgehead atoms. The molecule has 0 fully saturated rings. The summed E-state index contributed by atoms with van der Waals surface area (Å²) in [6, 6.07) is 8.26. The van der Waals surface area contributed by atoms with Gasteiger partial charge in [0, 0.05) is 11.1 Å². The van der Waals surface area contributed by atoms with Gasteiger partial charge in [0.05, 0.1) is 18.3 Å². The average Bonchev–Trinajstić information content (AvgIpc) is 2.79. The first-order valence-corrected chi connectivity index (χ1v) is 6.67. The summed E-state index contributed by atoms with van der Waals surface area (Å²) in [6.45, 7) is 1.88. The molecule has 3 rings (SSSR count). The average molecular weight is 306 g/mol. The second kappa shape index (κ2) is 4.93. The topological polar surface area (TPSA) is 53.1 Å².